The number of aliphatic imine (C=N–C) groups is 1. The Bertz CT molecular complexity index is 1070. The van der Waals surface area contributed by atoms with E-state index in [-0.39, 0.29) is 47.3 Å². The van der Waals surface area contributed by atoms with Gasteiger partial charge in [0, 0.05) is 18.2 Å². The number of rotatable bonds is 5. The number of carbonyl (C=O) groups excluding carboxylic acids is 1. The van der Waals surface area contributed by atoms with Crippen LogP contribution in [0, 0.1) is 5.82 Å². The van der Waals surface area contributed by atoms with Gasteiger partial charge in [-0.15, -0.1) is 0 Å². The molecular weight excluding hydrogens is 459 g/mol. The Balaban J connectivity index is 1.93. The lowest BCUT2D eigenvalue weighted by Crippen LogP contribution is -2.46. The van der Waals surface area contributed by atoms with E-state index in [1.54, 1.807) is 0 Å². The lowest BCUT2D eigenvalue weighted by Gasteiger charge is -2.36. The molecule has 174 valence electrons. The summed E-state index contributed by atoms with van der Waals surface area (Å²) in [6, 6.07) is 3.63. The average molecular weight is 479 g/mol. The Hall–Kier alpha value is -2.53. The van der Waals surface area contributed by atoms with Crippen LogP contribution < -0.4 is 5.73 Å². The monoisotopic (exact) mass is 478 g/mol. The topological polar surface area (TPSA) is 82.5 Å². The number of ketones is 1. The van der Waals surface area contributed by atoms with Gasteiger partial charge in [-0.05, 0) is 31.5 Å². The van der Waals surface area contributed by atoms with Gasteiger partial charge in [0.25, 0.3) is 0 Å². The highest BCUT2D eigenvalue weighted by Gasteiger charge is 2.50. The molecule has 0 aliphatic carbocycles. The van der Waals surface area contributed by atoms with Crippen molar-refractivity contribution < 1.29 is 31.5 Å². The van der Waals surface area contributed by atoms with E-state index in [0.717, 1.165) is 12.3 Å². The standard InChI is InChI=1S/C20H20ClF5N4O2/c1-18(23)10-32-8-16(27)28-19(18,2)12-5-11(3-4-14(12)22)6-15(31)17-13(21)7-30(29-17)9-20(24,25)26/h3-5,7H,6,8-10H2,1-2H3,(H2,27,28)/t18?,19-/m1/s1. The fraction of sp³-hybridized carbons (Fsp3) is 0.450. The minimum Gasteiger partial charge on any atom is -0.386 e. The van der Waals surface area contributed by atoms with Crippen molar-refractivity contribution in [1.29, 1.82) is 0 Å². The Morgan fingerprint density at radius 1 is 1.34 bits per heavy atom. The molecule has 0 spiro atoms. The third-order valence-corrected chi connectivity index (χ3v) is 5.52. The second-order valence-electron chi connectivity index (χ2n) is 7.92. The van der Waals surface area contributed by atoms with Crippen LogP contribution in [0.3, 0.4) is 0 Å². The molecule has 0 fully saturated rings. The number of ether oxygens (including phenoxy) is 1. The first-order valence-electron chi connectivity index (χ1n) is 9.44. The Morgan fingerprint density at radius 2 is 2.03 bits per heavy atom. The minimum absolute atomic E-state index is 0.0169. The van der Waals surface area contributed by atoms with Gasteiger partial charge in [-0.3, -0.25) is 14.5 Å². The molecule has 0 saturated heterocycles. The third-order valence-electron chi connectivity index (χ3n) is 5.25. The maximum Gasteiger partial charge on any atom is 0.408 e. The van der Waals surface area contributed by atoms with Crippen LogP contribution in [0.2, 0.25) is 5.02 Å². The number of alkyl halides is 4. The Labute approximate surface area is 185 Å². The maximum atomic E-state index is 15.4. The van der Waals surface area contributed by atoms with Crippen LogP contribution in [0.15, 0.2) is 29.4 Å². The fourth-order valence-corrected chi connectivity index (χ4v) is 3.70. The zero-order valence-electron chi connectivity index (χ0n) is 17.1. The summed E-state index contributed by atoms with van der Waals surface area (Å²) in [6.07, 6.45) is -4.00. The lowest BCUT2D eigenvalue weighted by atomic mass is 9.78. The highest BCUT2D eigenvalue weighted by molar-refractivity contribution is 6.33. The summed E-state index contributed by atoms with van der Waals surface area (Å²) in [6.45, 7) is 0.666. The van der Waals surface area contributed by atoms with Crippen molar-refractivity contribution in [3.05, 3.63) is 52.1 Å². The number of Topliss-reactive ketones (excluding diaryl/α,β-unsaturated/α-hetero) is 1. The molecule has 2 aromatic rings. The molecular formula is C20H20ClF5N4O2. The lowest BCUT2D eigenvalue weighted by molar-refractivity contribution is -0.142. The first-order valence-corrected chi connectivity index (χ1v) is 9.82. The second kappa shape index (κ2) is 8.43. The molecule has 0 bridgehead atoms. The number of amidine groups is 1. The third kappa shape index (κ3) is 4.93. The van der Waals surface area contributed by atoms with E-state index in [0.29, 0.717) is 4.68 Å². The van der Waals surface area contributed by atoms with Crippen LogP contribution in [0.25, 0.3) is 0 Å². The minimum atomic E-state index is -4.54. The quantitative estimate of drug-likeness (QED) is 0.520. The largest absolute Gasteiger partial charge is 0.408 e. The molecule has 2 heterocycles. The van der Waals surface area contributed by atoms with E-state index in [2.05, 4.69) is 10.1 Å². The number of benzene rings is 1. The van der Waals surface area contributed by atoms with E-state index in [9.17, 15) is 22.4 Å². The fourth-order valence-electron chi connectivity index (χ4n) is 3.44. The molecule has 1 aliphatic rings. The summed E-state index contributed by atoms with van der Waals surface area (Å²) in [7, 11) is 0. The van der Waals surface area contributed by atoms with E-state index in [4.69, 9.17) is 22.1 Å². The van der Waals surface area contributed by atoms with Gasteiger partial charge in [0.2, 0.25) is 0 Å². The van der Waals surface area contributed by atoms with E-state index in [1.165, 1.54) is 26.0 Å². The zero-order chi connectivity index (χ0) is 23.9. The molecule has 1 aromatic heterocycles. The predicted molar refractivity (Wildman–Crippen MR) is 107 cm³/mol. The Kier molecular flexibility index (Phi) is 6.36. The van der Waals surface area contributed by atoms with Crippen LogP contribution in [0.4, 0.5) is 22.0 Å². The number of carbonyl (C=O) groups is 1. The van der Waals surface area contributed by atoms with Gasteiger partial charge in [0.15, 0.2) is 11.5 Å². The second-order valence-corrected chi connectivity index (χ2v) is 8.33. The average Bonchev–Trinajstić information content (AvgIpc) is 2.96. The first kappa shape index (κ1) is 24.1. The van der Waals surface area contributed by atoms with Crippen molar-refractivity contribution in [2.45, 2.75) is 44.2 Å². The molecule has 6 nitrogen and oxygen atoms in total. The number of aromatic nitrogens is 2. The van der Waals surface area contributed by atoms with Gasteiger partial charge >= 0.3 is 6.18 Å². The molecule has 0 amide bonds. The van der Waals surface area contributed by atoms with E-state index in [1.807, 2.05) is 0 Å². The van der Waals surface area contributed by atoms with Crippen molar-refractivity contribution >= 4 is 23.2 Å². The van der Waals surface area contributed by atoms with Gasteiger partial charge in [0.05, 0.1) is 11.6 Å². The number of halogens is 6. The zero-order valence-corrected chi connectivity index (χ0v) is 17.9. The predicted octanol–water partition coefficient (Wildman–Crippen LogP) is 3.99. The molecule has 2 N–H and O–H groups in total. The maximum absolute atomic E-state index is 15.4. The number of hydrogen-bond acceptors (Lipinski definition) is 5. The molecule has 0 saturated carbocycles. The SMILES string of the molecule is CC1(F)COCC(N)=N[C@]1(C)c1cc(CC(=O)c2nn(CC(F)(F)F)cc2Cl)ccc1F. The van der Waals surface area contributed by atoms with Gasteiger partial charge in [-0.25, -0.2) is 8.78 Å². The van der Waals surface area contributed by atoms with Crippen LogP contribution in [0.1, 0.15) is 35.5 Å². The molecule has 2 atom stereocenters. The summed E-state index contributed by atoms with van der Waals surface area (Å²) >= 11 is 5.88. The summed E-state index contributed by atoms with van der Waals surface area (Å²) in [5.74, 6) is -1.47. The number of nitrogens with zero attached hydrogens (tertiary/aromatic N) is 3. The van der Waals surface area contributed by atoms with Crippen molar-refractivity contribution in [2.75, 3.05) is 13.2 Å². The Morgan fingerprint density at radius 3 is 2.69 bits per heavy atom. The molecule has 1 aliphatic heterocycles. The van der Waals surface area contributed by atoms with Crippen LogP contribution in [-0.4, -0.2) is 46.5 Å². The molecule has 3 rings (SSSR count). The number of hydrogen-bond donors (Lipinski definition) is 1. The normalized spacial score (nSPS) is 24.2. The number of nitrogens with two attached hydrogens (primary N) is 1. The molecule has 1 aromatic carbocycles. The summed E-state index contributed by atoms with van der Waals surface area (Å²) < 4.78 is 73.5. The molecule has 1 unspecified atom stereocenters. The van der Waals surface area contributed by atoms with Crippen molar-refractivity contribution in [3.8, 4) is 0 Å². The first-order chi connectivity index (χ1) is 14.7. The molecule has 12 heteroatoms. The van der Waals surface area contributed by atoms with Gasteiger partial charge < -0.3 is 10.5 Å². The summed E-state index contributed by atoms with van der Waals surface area (Å²) in [5.41, 5.74) is 1.65. The molecule has 0 radical (unpaired) electrons. The highest BCUT2D eigenvalue weighted by atomic mass is 35.5. The van der Waals surface area contributed by atoms with Crippen molar-refractivity contribution in [1.82, 2.24) is 9.78 Å². The highest BCUT2D eigenvalue weighted by Crippen LogP contribution is 2.42. The van der Waals surface area contributed by atoms with Crippen molar-refractivity contribution in [2.24, 2.45) is 10.7 Å². The summed E-state index contributed by atoms with van der Waals surface area (Å²) in [5, 5.41) is 3.36. The van der Waals surface area contributed by atoms with Crippen LogP contribution >= 0.6 is 11.6 Å². The van der Waals surface area contributed by atoms with Crippen molar-refractivity contribution in [3.63, 3.8) is 0 Å². The smallest absolute Gasteiger partial charge is 0.386 e. The van der Waals surface area contributed by atoms with E-state index >= 15 is 4.39 Å². The van der Waals surface area contributed by atoms with Gasteiger partial charge in [-0.1, -0.05) is 17.7 Å². The molecule has 32 heavy (non-hydrogen) atoms. The van der Waals surface area contributed by atoms with Gasteiger partial charge in [0.1, 0.15) is 36.0 Å². The summed E-state index contributed by atoms with van der Waals surface area (Å²) in [4.78, 5) is 16.8. The van der Waals surface area contributed by atoms with E-state index < -0.39 is 35.5 Å². The van der Waals surface area contributed by atoms with Crippen LogP contribution in [0.5, 0.6) is 0 Å². The van der Waals surface area contributed by atoms with Crippen LogP contribution in [-0.2, 0) is 23.2 Å². The van der Waals surface area contributed by atoms with Gasteiger partial charge in [-0.2, -0.15) is 18.3 Å².